The van der Waals surface area contributed by atoms with E-state index in [9.17, 15) is 27.9 Å². The molecule has 1 fully saturated rings. The van der Waals surface area contributed by atoms with Gasteiger partial charge in [0.1, 0.15) is 5.69 Å². The molecule has 1 aromatic heterocycles. The number of hydrogen-bond acceptors (Lipinski definition) is 4. The van der Waals surface area contributed by atoms with Crippen LogP contribution in [0.4, 0.5) is 23.7 Å². The molecule has 3 heterocycles. The first-order valence-corrected chi connectivity index (χ1v) is 8.18. The van der Waals surface area contributed by atoms with Crippen molar-refractivity contribution in [2.45, 2.75) is 24.7 Å². The third kappa shape index (κ3) is 2.30. The summed E-state index contributed by atoms with van der Waals surface area (Å²) in [7, 11) is 1.21. The molecule has 8 nitrogen and oxygen atoms in total. The number of carbonyl (C=O) groups excluding carboxylic acids is 1. The number of fused-ring (bicyclic) bond motifs is 5. The van der Waals surface area contributed by atoms with Gasteiger partial charge in [-0.25, -0.2) is 19.0 Å². The molecule has 0 radical (unpaired) electrons. The van der Waals surface area contributed by atoms with Crippen LogP contribution in [-0.2, 0) is 10.9 Å². The second-order valence-corrected chi connectivity index (χ2v) is 6.54. The predicted molar refractivity (Wildman–Crippen MR) is 88.5 cm³/mol. The first-order chi connectivity index (χ1) is 13.2. The normalized spacial score (nSPS) is 20.2. The van der Waals surface area contributed by atoms with Gasteiger partial charge in [0, 0.05) is 6.54 Å². The van der Waals surface area contributed by atoms with Gasteiger partial charge in [0.25, 0.3) is 0 Å². The number of alkyl halides is 3. The van der Waals surface area contributed by atoms with Gasteiger partial charge in [0.05, 0.1) is 37.0 Å². The lowest BCUT2D eigenvalue weighted by Gasteiger charge is -2.26. The molecule has 2 aliphatic heterocycles. The van der Waals surface area contributed by atoms with Gasteiger partial charge in [-0.2, -0.15) is 13.2 Å². The fourth-order valence-corrected chi connectivity index (χ4v) is 3.99. The summed E-state index contributed by atoms with van der Waals surface area (Å²) in [4.78, 5) is 28.9. The SMILES string of the molecule is [C-]#[N+]c1ccc(-n2c(O)c3n(c2=O)C2CC3N(C(=O)OC)C2)cc1C(F)(F)F. The molecule has 0 spiro atoms. The van der Waals surface area contributed by atoms with E-state index in [0.717, 1.165) is 10.6 Å². The summed E-state index contributed by atoms with van der Waals surface area (Å²) in [6.07, 6.45) is -4.99. The highest BCUT2D eigenvalue weighted by Gasteiger charge is 2.49. The zero-order chi connectivity index (χ0) is 20.4. The van der Waals surface area contributed by atoms with Gasteiger partial charge in [0.2, 0.25) is 5.88 Å². The van der Waals surface area contributed by atoms with Crippen LogP contribution in [0.15, 0.2) is 23.0 Å². The van der Waals surface area contributed by atoms with Crippen LogP contribution in [0.25, 0.3) is 10.5 Å². The van der Waals surface area contributed by atoms with Gasteiger partial charge in [0.15, 0.2) is 5.69 Å². The van der Waals surface area contributed by atoms with E-state index < -0.39 is 47.2 Å². The lowest BCUT2D eigenvalue weighted by molar-refractivity contribution is -0.136. The minimum atomic E-state index is -4.79. The summed E-state index contributed by atoms with van der Waals surface area (Å²) in [5.41, 5.74) is -2.56. The standard InChI is InChI=1S/C17H13F3N4O4/c1-21-11-4-3-8(5-10(11)17(18,19)20)24-14(25)13-12-6-9(23(13)15(24)26)7-22(12)16(27)28-2/h3-5,9,12,25H,6-7H2,2H3. The molecular formula is C17H13F3N4O4. The maximum Gasteiger partial charge on any atom is 0.410 e. The van der Waals surface area contributed by atoms with Crippen molar-refractivity contribution in [2.24, 2.45) is 0 Å². The van der Waals surface area contributed by atoms with Crippen LogP contribution in [0.1, 0.15) is 29.8 Å². The molecule has 146 valence electrons. The lowest BCUT2D eigenvalue weighted by Crippen LogP contribution is -2.37. The van der Waals surface area contributed by atoms with Gasteiger partial charge < -0.3 is 9.84 Å². The third-order valence-corrected chi connectivity index (χ3v) is 5.13. The van der Waals surface area contributed by atoms with E-state index in [1.54, 1.807) is 0 Å². The van der Waals surface area contributed by atoms with E-state index in [-0.39, 0.29) is 17.9 Å². The molecule has 1 saturated heterocycles. The molecule has 2 aromatic rings. The number of likely N-dealkylation sites (tertiary alicyclic amines) is 1. The monoisotopic (exact) mass is 394 g/mol. The van der Waals surface area contributed by atoms with E-state index in [0.29, 0.717) is 12.5 Å². The average Bonchev–Trinajstić information content (AvgIpc) is 3.31. The molecule has 1 amide bonds. The Bertz CT molecular complexity index is 1100. The van der Waals surface area contributed by atoms with E-state index in [1.165, 1.54) is 22.6 Å². The number of imidazole rings is 1. The van der Waals surface area contributed by atoms with E-state index in [4.69, 9.17) is 11.3 Å². The smallest absolute Gasteiger partial charge is 0.410 e. The molecule has 1 aromatic carbocycles. The number of aromatic nitrogens is 2. The third-order valence-electron chi connectivity index (χ3n) is 5.13. The van der Waals surface area contributed by atoms with E-state index >= 15 is 0 Å². The van der Waals surface area contributed by atoms with E-state index in [1.807, 2.05) is 0 Å². The fourth-order valence-electron chi connectivity index (χ4n) is 3.99. The highest BCUT2D eigenvalue weighted by molar-refractivity contribution is 5.69. The number of ether oxygens (including phenoxy) is 1. The van der Waals surface area contributed by atoms with Crippen LogP contribution in [-0.4, -0.2) is 38.9 Å². The molecule has 2 unspecified atom stereocenters. The summed E-state index contributed by atoms with van der Waals surface area (Å²) >= 11 is 0. The molecule has 2 atom stereocenters. The van der Waals surface area contributed by atoms with Crippen LogP contribution < -0.4 is 5.69 Å². The van der Waals surface area contributed by atoms with Gasteiger partial charge in [-0.05, 0) is 18.6 Å². The first-order valence-electron chi connectivity index (χ1n) is 8.18. The minimum absolute atomic E-state index is 0.162. The predicted octanol–water partition coefficient (Wildman–Crippen LogP) is 2.98. The Kier molecular flexibility index (Phi) is 3.71. The zero-order valence-corrected chi connectivity index (χ0v) is 14.4. The van der Waals surface area contributed by atoms with Gasteiger partial charge in [-0.15, -0.1) is 0 Å². The Morgan fingerprint density at radius 2 is 2.11 bits per heavy atom. The number of rotatable bonds is 1. The maximum atomic E-state index is 13.3. The van der Waals surface area contributed by atoms with Crippen LogP contribution >= 0.6 is 0 Å². The van der Waals surface area contributed by atoms with Crippen molar-refractivity contribution in [3.63, 3.8) is 0 Å². The number of hydrogen-bond donors (Lipinski definition) is 1. The van der Waals surface area contributed by atoms with Crippen LogP contribution in [0.5, 0.6) is 5.88 Å². The minimum Gasteiger partial charge on any atom is -0.493 e. The van der Waals surface area contributed by atoms with Crippen molar-refractivity contribution in [1.82, 2.24) is 14.0 Å². The summed E-state index contributed by atoms with van der Waals surface area (Å²) in [6.45, 7) is 7.10. The first kappa shape index (κ1) is 18.0. The van der Waals surface area contributed by atoms with Crippen molar-refractivity contribution in [1.29, 1.82) is 0 Å². The van der Waals surface area contributed by atoms with Crippen LogP contribution in [0.3, 0.4) is 0 Å². The number of carbonyl (C=O) groups is 1. The Hall–Kier alpha value is -3.42. The maximum absolute atomic E-state index is 13.3. The molecule has 0 saturated carbocycles. The Morgan fingerprint density at radius 3 is 2.71 bits per heavy atom. The second kappa shape index (κ2) is 5.79. The number of aromatic hydroxyl groups is 1. The number of amides is 1. The summed E-state index contributed by atoms with van der Waals surface area (Å²) in [6, 6.07) is 1.78. The van der Waals surface area contributed by atoms with Gasteiger partial charge in [-0.1, -0.05) is 6.07 Å². The van der Waals surface area contributed by atoms with E-state index in [2.05, 4.69) is 4.85 Å². The second-order valence-electron chi connectivity index (χ2n) is 6.54. The summed E-state index contributed by atoms with van der Waals surface area (Å²) in [5.74, 6) is -0.533. The molecule has 28 heavy (non-hydrogen) atoms. The van der Waals surface area contributed by atoms with Gasteiger partial charge >= 0.3 is 18.0 Å². The van der Waals surface area contributed by atoms with Crippen molar-refractivity contribution in [2.75, 3.05) is 13.7 Å². The zero-order valence-electron chi connectivity index (χ0n) is 14.4. The molecule has 0 aliphatic carbocycles. The largest absolute Gasteiger partial charge is 0.493 e. The van der Waals surface area contributed by atoms with Crippen molar-refractivity contribution in [3.8, 4) is 11.6 Å². The number of methoxy groups -OCH3 is 1. The summed E-state index contributed by atoms with van der Waals surface area (Å²) in [5, 5.41) is 10.6. The molecule has 1 N–H and O–H groups in total. The van der Waals surface area contributed by atoms with Crippen LogP contribution in [0, 0.1) is 6.57 Å². The molecule has 11 heteroatoms. The van der Waals surface area contributed by atoms with Crippen molar-refractivity contribution < 1.29 is 27.8 Å². The molecule has 4 rings (SSSR count). The Morgan fingerprint density at radius 1 is 1.39 bits per heavy atom. The highest BCUT2D eigenvalue weighted by Crippen LogP contribution is 2.49. The van der Waals surface area contributed by atoms with Crippen molar-refractivity contribution >= 4 is 11.8 Å². The lowest BCUT2D eigenvalue weighted by atomic mass is 10.1. The number of halogens is 3. The van der Waals surface area contributed by atoms with Crippen LogP contribution in [0.2, 0.25) is 0 Å². The number of benzene rings is 1. The summed E-state index contributed by atoms with van der Waals surface area (Å²) < 4.78 is 46.5. The van der Waals surface area contributed by atoms with Gasteiger partial charge in [-0.3, -0.25) is 9.47 Å². The highest BCUT2D eigenvalue weighted by atomic mass is 19.4. The molecular weight excluding hydrogens is 381 g/mol. The quantitative estimate of drug-likeness (QED) is 0.754. The topological polar surface area (TPSA) is 81.1 Å². The fraction of sp³-hybridized carbons (Fsp3) is 0.353. The Balaban J connectivity index is 1.87. The molecule has 2 aliphatic rings. The average molecular weight is 394 g/mol. The molecule has 2 bridgehead atoms. The number of nitrogens with zero attached hydrogens (tertiary/aromatic N) is 4. The van der Waals surface area contributed by atoms with Crippen molar-refractivity contribution in [3.05, 3.63) is 51.4 Å². The Labute approximate surface area is 155 Å².